The van der Waals surface area contributed by atoms with E-state index in [0.717, 1.165) is 0 Å². The van der Waals surface area contributed by atoms with Gasteiger partial charge in [0.15, 0.2) is 0 Å². The van der Waals surface area contributed by atoms with Crippen LogP contribution in [-0.4, -0.2) is 23.5 Å². The molecule has 1 rings (SSSR count). The fourth-order valence-corrected chi connectivity index (χ4v) is 1.70. The Hall–Kier alpha value is -1.75. The summed E-state index contributed by atoms with van der Waals surface area (Å²) >= 11 is 5.78. The number of rotatable bonds is 6. The maximum absolute atomic E-state index is 11.2. The first-order chi connectivity index (χ1) is 8.40. The summed E-state index contributed by atoms with van der Waals surface area (Å²) in [7, 11) is 0. The number of halogens is 1. The molecule has 0 aliphatic carbocycles. The molecule has 1 atom stereocenters. The third-order valence-electron chi connectivity index (χ3n) is 2.41. The summed E-state index contributed by atoms with van der Waals surface area (Å²) in [5.41, 5.74) is 6.09. The Balaban J connectivity index is 2.72. The number of carbonyl (C=O) groups is 2. The molecule has 0 aliphatic heterocycles. The molecule has 0 heterocycles. The predicted molar refractivity (Wildman–Crippen MR) is 69.9 cm³/mol. The Bertz CT molecular complexity index is 463. The Morgan fingerprint density at radius 3 is 2.72 bits per heavy atom. The number of carboxylic acid groups (broad SMARTS) is 1. The van der Waals surface area contributed by atoms with Gasteiger partial charge in [-0.15, -0.1) is 0 Å². The number of carbonyl (C=O) groups excluding carboxylic acids is 1. The van der Waals surface area contributed by atoms with Gasteiger partial charge in [-0.05, 0) is 24.1 Å². The average molecular weight is 271 g/mol. The molecule has 1 unspecified atom stereocenters. The SMILES string of the molecule is CC(CNc1ccc(Cl)cc1C(N)=O)CC(=O)O. The van der Waals surface area contributed by atoms with Crippen molar-refractivity contribution in [3.63, 3.8) is 0 Å². The first-order valence-corrected chi connectivity index (χ1v) is 5.83. The summed E-state index contributed by atoms with van der Waals surface area (Å²) in [6.07, 6.45) is 0.0620. The van der Waals surface area contributed by atoms with E-state index in [1.165, 1.54) is 6.07 Å². The van der Waals surface area contributed by atoms with Crippen LogP contribution >= 0.6 is 11.6 Å². The van der Waals surface area contributed by atoms with Crippen LogP contribution in [0.5, 0.6) is 0 Å². The molecule has 0 fully saturated rings. The van der Waals surface area contributed by atoms with E-state index < -0.39 is 11.9 Å². The monoisotopic (exact) mass is 270 g/mol. The zero-order chi connectivity index (χ0) is 13.7. The molecule has 5 nitrogen and oxygen atoms in total. The van der Waals surface area contributed by atoms with Crippen molar-refractivity contribution in [1.29, 1.82) is 0 Å². The number of amides is 1. The molecule has 1 amide bonds. The van der Waals surface area contributed by atoms with Gasteiger partial charge in [-0.1, -0.05) is 18.5 Å². The van der Waals surface area contributed by atoms with Crippen LogP contribution in [0.4, 0.5) is 5.69 Å². The van der Waals surface area contributed by atoms with E-state index in [1.807, 2.05) is 0 Å². The number of primary amides is 1. The molecule has 1 aromatic carbocycles. The van der Waals surface area contributed by atoms with E-state index in [4.69, 9.17) is 22.4 Å². The summed E-state index contributed by atoms with van der Waals surface area (Å²) in [6, 6.07) is 4.77. The second kappa shape index (κ2) is 6.26. The number of benzene rings is 1. The van der Waals surface area contributed by atoms with Crippen LogP contribution in [0, 0.1) is 5.92 Å². The van der Waals surface area contributed by atoms with Crippen molar-refractivity contribution in [3.05, 3.63) is 28.8 Å². The number of nitrogens with two attached hydrogens (primary N) is 1. The normalized spacial score (nSPS) is 11.9. The van der Waals surface area contributed by atoms with E-state index in [-0.39, 0.29) is 12.3 Å². The molecule has 0 saturated carbocycles. The van der Waals surface area contributed by atoms with Gasteiger partial charge in [0.1, 0.15) is 0 Å². The van der Waals surface area contributed by atoms with E-state index in [0.29, 0.717) is 22.8 Å². The summed E-state index contributed by atoms with van der Waals surface area (Å²) in [5.74, 6) is -1.49. The fourth-order valence-electron chi connectivity index (χ4n) is 1.53. The van der Waals surface area contributed by atoms with Gasteiger partial charge >= 0.3 is 5.97 Å². The van der Waals surface area contributed by atoms with Crippen LogP contribution < -0.4 is 11.1 Å². The van der Waals surface area contributed by atoms with Crippen LogP contribution in [0.1, 0.15) is 23.7 Å². The lowest BCUT2D eigenvalue weighted by Gasteiger charge is -2.14. The highest BCUT2D eigenvalue weighted by molar-refractivity contribution is 6.31. The van der Waals surface area contributed by atoms with Crippen LogP contribution in [0.15, 0.2) is 18.2 Å². The molecule has 98 valence electrons. The lowest BCUT2D eigenvalue weighted by Crippen LogP contribution is -2.18. The molecule has 0 aliphatic rings. The zero-order valence-electron chi connectivity index (χ0n) is 9.94. The molecule has 18 heavy (non-hydrogen) atoms. The highest BCUT2D eigenvalue weighted by atomic mass is 35.5. The highest BCUT2D eigenvalue weighted by Crippen LogP contribution is 2.20. The van der Waals surface area contributed by atoms with Gasteiger partial charge in [0.25, 0.3) is 5.91 Å². The molecule has 4 N–H and O–H groups in total. The van der Waals surface area contributed by atoms with Gasteiger partial charge in [-0.2, -0.15) is 0 Å². The van der Waals surface area contributed by atoms with Crippen molar-refractivity contribution in [1.82, 2.24) is 0 Å². The minimum absolute atomic E-state index is 0.0566. The molecule has 6 heteroatoms. The Morgan fingerprint density at radius 1 is 1.50 bits per heavy atom. The van der Waals surface area contributed by atoms with Gasteiger partial charge in [-0.25, -0.2) is 0 Å². The Kier molecular flexibility index (Phi) is 4.97. The molecule has 0 radical (unpaired) electrons. The standard InChI is InChI=1S/C12H15ClN2O3/c1-7(4-11(16)17)6-15-10-3-2-8(13)5-9(10)12(14)18/h2-3,5,7,15H,4,6H2,1H3,(H2,14,18)(H,16,17). The molecule has 0 bridgehead atoms. The van der Waals surface area contributed by atoms with Crippen LogP contribution in [-0.2, 0) is 4.79 Å². The minimum atomic E-state index is -0.851. The minimum Gasteiger partial charge on any atom is -0.481 e. The number of nitrogens with one attached hydrogen (secondary N) is 1. The number of carboxylic acids is 1. The topological polar surface area (TPSA) is 92.4 Å². The second-order valence-corrected chi connectivity index (χ2v) is 4.57. The third kappa shape index (κ3) is 4.25. The van der Waals surface area contributed by atoms with Gasteiger partial charge in [0.2, 0.25) is 0 Å². The van der Waals surface area contributed by atoms with Crippen LogP contribution in [0.3, 0.4) is 0 Å². The largest absolute Gasteiger partial charge is 0.481 e. The van der Waals surface area contributed by atoms with Gasteiger partial charge in [0.05, 0.1) is 5.56 Å². The van der Waals surface area contributed by atoms with Crippen molar-refractivity contribution in [3.8, 4) is 0 Å². The number of anilines is 1. The summed E-state index contributed by atoms with van der Waals surface area (Å²) in [4.78, 5) is 21.7. The quantitative estimate of drug-likeness (QED) is 0.737. The molecule has 0 aromatic heterocycles. The lowest BCUT2D eigenvalue weighted by molar-refractivity contribution is -0.137. The summed E-state index contributed by atoms with van der Waals surface area (Å²) in [5, 5.41) is 12.1. The van der Waals surface area contributed by atoms with Gasteiger partial charge in [-0.3, -0.25) is 9.59 Å². The third-order valence-corrected chi connectivity index (χ3v) is 2.65. The van der Waals surface area contributed by atoms with E-state index >= 15 is 0 Å². The molecular weight excluding hydrogens is 256 g/mol. The lowest BCUT2D eigenvalue weighted by atomic mass is 10.1. The molecular formula is C12H15ClN2O3. The smallest absolute Gasteiger partial charge is 0.303 e. The first kappa shape index (κ1) is 14.3. The van der Waals surface area contributed by atoms with Crippen molar-refractivity contribution in [2.24, 2.45) is 11.7 Å². The van der Waals surface area contributed by atoms with Crippen LogP contribution in [0.2, 0.25) is 5.02 Å². The number of hydrogen-bond acceptors (Lipinski definition) is 3. The summed E-state index contributed by atoms with van der Waals surface area (Å²) < 4.78 is 0. The number of aliphatic carboxylic acids is 1. The van der Waals surface area contributed by atoms with E-state index in [2.05, 4.69) is 5.32 Å². The van der Waals surface area contributed by atoms with Crippen molar-refractivity contribution in [2.75, 3.05) is 11.9 Å². The maximum Gasteiger partial charge on any atom is 0.303 e. The second-order valence-electron chi connectivity index (χ2n) is 4.14. The van der Waals surface area contributed by atoms with Crippen molar-refractivity contribution in [2.45, 2.75) is 13.3 Å². The highest BCUT2D eigenvalue weighted by Gasteiger charge is 2.11. The van der Waals surface area contributed by atoms with Crippen molar-refractivity contribution >= 4 is 29.2 Å². The number of hydrogen-bond donors (Lipinski definition) is 3. The summed E-state index contributed by atoms with van der Waals surface area (Å²) in [6.45, 7) is 2.25. The van der Waals surface area contributed by atoms with Gasteiger partial charge < -0.3 is 16.2 Å². The maximum atomic E-state index is 11.2. The molecule has 0 saturated heterocycles. The Labute approximate surface area is 110 Å². The first-order valence-electron chi connectivity index (χ1n) is 5.45. The molecule has 1 aromatic rings. The zero-order valence-corrected chi connectivity index (χ0v) is 10.7. The van der Waals surface area contributed by atoms with E-state index in [1.54, 1.807) is 19.1 Å². The predicted octanol–water partition coefficient (Wildman–Crippen LogP) is 1.96. The van der Waals surface area contributed by atoms with E-state index in [9.17, 15) is 9.59 Å². The molecule has 0 spiro atoms. The Morgan fingerprint density at radius 2 is 2.17 bits per heavy atom. The average Bonchev–Trinajstić information content (AvgIpc) is 2.26. The van der Waals surface area contributed by atoms with Gasteiger partial charge in [0, 0.05) is 23.7 Å². The van der Waals surface area contributed by atoms with Crippen LogP contribution in [0.25, 0.3) is 0 Å². The fraction of sp³-hybridized carbons (Fsp3) is 0.333. The van der Waals surface area contributed by atoms with Crippen molar-refractivity contribution < 1.29 is 14.7 Å².